The van der Waals surface area contributed by atoms with Gasteiger partial charge >= 0.3 is 0 Å². The van der Waals surface area contributed by atoms with Gasteiger partial charge in [-0.25, -0.2) is 0 Å². The maximum atomic E-state index is 12.6. The molecule has 142 valence electrons. The van der Waals surface area contributed by atoms with E-state index in [1.165, 1.54) is 0 Å². The Bertz CT molecular complexity index is 893. The van der Waals surface area contributed by atoms with Gasteiger partial charge in [0.05, 0.1) is 22.5 Å². The molecule has 0 atom stereocenters. The number of hydrogen-bond donors (Lipinski definition) is 2. The molecule has 3 aromatic rings. The lowest BCUT2D eigenvalue weighted by molar-refractivity contribution is 0.0950. The predicted molar refractivity (Wildman–Crippen MR) is 109 cm³/mol. The molecule has 1 aromatic heterocycles. The Balaban J connectivity index is 1.72. The first-order chi connectivity index (χ1) is 13.5. The van der Waals surface area contributed by atoms with Crippen LogP contribution < -0.4 is 10.6 Å². The number of nitrogens with one attached hydrogen (secondary N) is 2. The van der Waals surface area contributed by atoms with Gasteiger partial charge in [-0.1, -0.05) is 60.7 Å². The summed E-state index contributed by atoms with van der Waals surface area (Å²) < 4.78 is 0. The third kappa shape index (κ3) is 4.82. The summed E-state index contributed by atoms with van der Waals surface area (Å²) in [7, 11) is 0. The van der Waals surface area contributed by atoms with E-state index in [2.05, 4.69) is 15.6 Å². The molecule has 0 unspecified atom stereocenters. The van der Waals surface area contributed by atoms with E-state index in [-0.39, 0.29) is 11.8 Å². The molecule has 0 fully saturated rings. The van der Waals surface area contributed by atoms with Gasteiger partial charge in [-0.15, -0.1) is 0 Å². The van der Waals surface area contributed by atoms with Crippen LogP contribution in [0, 0.1) is 13.8 Å². The number of aryl methyl sites for hydroxylation is 2. The van der Waals surface area contributed by atoms with Gasteiger partial charge in [-0.3, -0.25) is 14.6 Å². The molecule has 5 heteroatoms. The summed E-state index contributed by atoms with van der Waals surface area (Å²) in [5, 5.41) is 5.78. The van der Waals surface area contributed by atoms with Crippen LogP contribution in [-0.2, 0) is 13.1 Å². The number of pyridine rings is 1. The number of nitrogens with zero attached hydrogens (tertiary/aromatic N) is 1. The minimum absolute atomic E-state index is 0.244. The summed E-state index contributed by atoms with van der Waals surface area (Å²) >= 11 is 0. The average Bonchev–Trinajstić information content (AvgIpc) is 2.72. The lowest BCUT2D eigenvalue weighted by atomic mass is 10.1. The van der Waals surface area contributed by atoms with Crippen molar-refractivity contribution < 1.29 is 9.59 Å². The fraction of sp³-hybridized carbons (Fsp3) is 0.174. The van der Waals surface area contributed by atoms with E-state index in [9.17, 15) is 9.59 Å². The lowest BCUT2D eigenvalue weighted by Crippen LogP contribution is -2.27. The van der Waals surface area contributed by atoms with E-state index < -0.39 is 0 Å². The minimum atomic E-state index is -0.244. The Morgan fingerprint density at radius 1 is 0.714 bits per heavy atom. The molecule has 5 nitrogen and oxygen atoms in total. The summed E-state index contributed by atoms with van der Waals surface area (Å²) in [4.78, 5) is 29.6. The molecule has 3 rings (SSSR count). The number of carbonyl (C=O) groups is 2. The van der Waals surface area contributed by atoms with Crippen LogP contribution in [0.5, 0.6) is 0 Å². The van der Waals surface area contributed by atoms with Crippen molar-refractivity contribution in [3.05, 3.63) is 100 Å². The van der Waals surface area contributed by atoms with Crippen molar-refractivity contribution >= 4 is 11.8 Å². The van der Waals surface area contributed by atoms with Crippen LogP contribution in [0.15, 0.2) is 66.7 Å². The van der Waals surface area contributed by atoms with Crippen molar-refractivity contribution in [2.45, 2.75) is 26.9 Å². The molecular weight excluding hydrogens is 350 g/mol. The molecule has 2 aromatic carbocycles. The molecule has 0 aliphatic rings. The summed E-state index contributed by atoms with van der Waals surface area (Å²) in [6.45, 7) is 4.39. The van der Waals surface area contributed by atoms with Crippen LogP contribution in [0.4, 0.5) is 0 Å². The SMILES string of the molecule is Cc1nc(C)c(C(=O)NCc2ccccc2)cc1C(=O)NCc1ccccc1. The first-order valence-corrected chi connectivity index (χ1v) is 9.17. The van der Waals surface area contributed by atoms with Gasteiger partial charge in [-0.05, 0) is 31.0 Å². The molecule has 0 aliphatic heterocycles. The second-order valence-corrected chi connectivity index (χ2v) is 6.59. The molecule has 2 amide bonds. The summed E-state index contributed by atoms with van der Waals surface area (Å²) in [6, 6.07) is 21.0. The Morgan fingerprint density at radius 2 is 1.11 bits per heavy atom. The molecule has 0 aliphatic carbocycles. The second-order valence-electron chi connectivity index (χ2n) is 6.59. The maximum absolute atomic E-state index is 12.6. The van der Waals surface area contributed by atoms with Crippen LogP contribution in [0.25, 0.3) is 0 Å². The van der Waals surface area contributed by atoms with E-state index in [1.807, 2.05) is 60.7 Å². The van der Waals surface area contributed by atoms with Crippen molar-refractivity contribution in [1.82, 2.24) is 15.6 Å². The molecule has 28 heavy (non-hydrogen) atoms. The molecular formula is C23H23N3O2. The number of benzene rings is 2. The van der Waals surface area contributed by atoms with E-state index >= 15 is 0 Å². The molecule has 0 spiro atoms. The highest BCUT2D eigenvalue weighted by molar-refractivity contribution is 6.00. The van der Waals surface area contributed by atoms with Crippen molar-refractivity contribution in [2.24, 2.45) is 0 Å². The predicted octanol–water partition coefficient (Wildman–Crippen LogP) is 3.56. The molecule has 0 saturated carbocycles. The second kappa shape index (κ2) is 8.95. The van der Waals surface area contributed by atoms with Gasteiger partial charge in [0.1, 0.15) is 0 Å². The third-order valence-corrected chi connectivity index (χ3v) is 4.48. The van der Waals surface area contributed by atoms with Crippen LogP contribution in [0.3, 0.4) is 0 Å². The van der Waals surface area contributed by atoms with Crippen LogP contribution in [0.1, 0.15) is 43.2 Å². The fourth-order valence-corrected chi connectivity index (χ4v) is 2.93. The number of aromatic nitrogens is 1. The van der Waals surface area contributed by atoms with Gasteiger partial charge in [0.25, 0.3) is 11.8 Å². The highest BCUT2D eigenvalue weighted by atomic mass is 16.2. The number of rotatable bonds is 6. The first-order valence-electron chi connectivity index (χ1n) is 9.17. The van der Waals surface area contributed by atoms with E-state index in [0.717, 1.165) is 11.1 Å². The number of hydrogen-bond acceptors (Lipinski definition) is 3. The third-order valence-electron chi connectivity index (χ3n) is 4.48. The van der Waals surface area contributed by atoms with Gasteiger partial charge < -0.3 is 10.6 Å². The Kier molecular flexibility index (Phi) is 6.17. The Hall–Kier alpha value is -3.47. The first kappa shape index (κ1) is 19.3. The number of amides is 2. The Labute approximate surface area is 164 Å². The van der Waals surface area contributed by atoms with E-state index in [1.54, 1.807) is 19.9 Å². The lowest BCUT2D eigenvalue weighted by Gasteiger charge is -2.12. The van der Waals surface area contributed by atoms with E-state index in [4.69, 9.17) is 0 Å². The minimum Gasteiger partial charge on any atom is -0.348 e. The maximum Gasteiger partial charge on any atom is 0.253 e. The largest absolute Gasteiger partial charge is 0.348 e. The average molecular weight is 373 g/mol. The quantitative estimate of drug-likeness (QED) is 0.694. The van der Waals surface area contributed by atoms with Gasteiger partial charge in [0.2, 0.25) is 0 Å². The van der Waals surface area contributed by atoms with Crippen LogP contribution >= 0.6 is 0 Å². The zero-order chi connectivity index (χ0) is 19.9. The highest BCUT2D eigenvalue weighted by Crippen LogP contribution is 2.14. The van der Waals surface area contributed by atoms with Gasteiger partial charge in [0, 0.05) is 13.1 Å². The fourth-order valence-electron chi connectivity index (χ4n) is 2.93. The van der Waals surface area contributed by atoms with Crippen LogP contribution in [-0.4, -0.2) is 16.8 Å². The van der Waals surface area contributed by atoms with Crippen molar-refractivity contribution in [3.63, 3.8) is 0 Å². The summed E-state index contributed by atoms with van der Waals surface area (Å²) in [6.07, 6.45) is 0. The van der Waals surface area contributed by atoms with Gasteiger partial charge in [0.15, 0.2) is 0 Å². The molecule has 0 saturated heterocycles. The molecule has 0 radical (unpaired) electrons. The molecule has 0 bridgehead atoms. The monoisotopic (exact) mass is 373 g/mol. The van der Waals surface area contributed by atoms with E-state index in [0.29, 0.717) is 35.6 Å². The van der Waals surface area contributed by atoms with Crippen molar-refractivity contribution in [1.29, 1.82) is 0 Å². The summed E-state index contributed by atoms with van der Waals surface area (Å²) in [5.74, 6) is -0.489. The highest BCUT2D eigenvalue weighted by Gasteiger charge is 2.17. The number of carbonyl (C=O) groups excluding carboxylic acids is 2. The standard InChI is InChI=1S/C23H23N3O2/c1-16-20(22(27)24-14-18-9-5-3-6-10-18)13-21(17(2)26-16)23(28)25-15-19-11-7-4-8-12-19/h3-13H,14-15H2,1-2H3,(H,24,27)(H,25,28). The zero-order valence-corrected chi connectivity index (χ0v) is 16.0. The van der Waals surface area contributed by atoms with Crippen molar-refractivity contribution in [2.75, 3.05) is 0 Å². The summed E-state index contributed by atoms with van der Waals surface area (Å²) in [5.41, 5.74) is 4.03. The molecule has 2 N–H and O–H groups in total. The van der Waals surface area contributed by atoms with Crippen LogP contribution in [0.2, 0.25) is 0 Å². The normalized spacial score (nSPS) is 10.4. The topological polar surface area (TPSA) is 71.1 Å². The zero-order valence-electron chi connectivity index (χ0n) is 16.0. The molecule has 1 heterocycles. The van der Waals surface area contributed by atoms with Crippen molar-refractivity contribution in [3.8, 4) is 0 Å². The smallest absolute Gasteiger partial charge is 0.253 e. The van der Waals surface area contributed by atoms with Gasteiger partial charge in [-0.2, -0.15) is 0 Å². The Morgan fingerprint density at radius 3 is 1.50 bits per heavy atom.